The fourth-order valence-corrected chi connectivity index (χ4v) is 2.35. The van der Waals surface area contributed by atoms with Gasteiger partial charge in [-0.2, -0.15) is 0 Å². The Morgan fingerprint density at radius 2 is 2.06 bits per heavy atom. The first-order chi connectivity index (χ1) is 8.11. The Bertz CT molecular complexity index is 370. The van der Waals surface area contributed by atoms with Crippen LogP contribution in [0.1, 0.15) is 25.3 Å². The molecule has 1 fully saturated rings. The Balaban J connectivity index is 1.90. The number of piperidine rings is 1. The lowest BCUT2D eigenvalue weighted by molar-refractivity contribution is 0.119. The molecule has 2 nitrogen and oxygen atoms in total. The van der Waals surface area contributed by atoms with Gasteiger partial charge in [-0.15, -0.1) is 0 Å². The summed E-state index contributed by atoms with van der Waals surface area (Å²) in [5, 5.41) is 0. The average molecular weight is 236 g/mol. The summed E-state index contributed by atoms with van der Waals surface area (Å²) in [6.45, 7) is 5.99. The van der Waals surface area contributed by atoms with Crippen molar-refractivity contribution in [2.24, 2.45) is 11.1 Å². The van der Waals surface area contributed by atoms with Crippen molar-refractivity contribution in [1.82, 2.24) is 4.90 Å². The summed E-state index contributed by atoms with van der Waals surface area (Å²) < 4.78 is 13.1. The van der Waals surface area contributed by atoms with Crippen molar-refractivity contribution in [1.29, 1.82) is 0 Å². The minimum Gasteiger partial charge on any atom is -0.330 e. The van der Waals surface area contributed by atoms with Gasteiger partial charge in [0.25, 0.3) is 0 Å². The lowest BCUT2D eigenvalue weighted by Gasteiger charge is -2.38. The minimum absolute atomic E-state index is 0.147. The molecule has 0 aromatic heterocycles. The van der Waals surface area contributed by atoms with Gasteiger partial charge in [-0.1, -0.05) is 19.1 Å². The lowest BCUT2D eigenvalue weighted by Crippen LogP contribution is -2.41. The van der Waals surface area contributed by atoms with E-state index in [0.717, 1.165) is 44.6 Å². The molecule has 17 heavy (non-hydrogen) atoms. The lowest BCUT2D eigenvalue weighted by atomic mass is 9.80. The van der Waals surface area contributed by atoms with Gasteiger partial charge in [0.2, 0.25) is 0 Å². The number of nitrogens with zero attached hydrogens (tertiary/aromatic N) is 1. The molecule has 0 radical (unpaired) electrons. The molecule has 0 spiro atoms. The van der Waals surface area contributed by atoms with Crippen molar-refractivity contribution in [3.8, 4) is 0 Å². The summed E-state index contributed by atoms with van der Waals surface area (Å²) in [7, 11) is 0. The Labute approximate surface area is 103 Å². The molecule has 0 unspecified atom stereocenters. The third-order valence-electron chi connectivity index (χ3n) is 3.85. The number of hydrogen-bond donors (Lipinski definition) is 1. The molecule has 0 saturated carbocycles. The second-order valence-electron chi connectivity index (χ2n) is 5.42. The monoisotopic (exact) mass is 236 g/mol. The number of halogens is 1. The molecule has 0 aliphatic carbocycles. The zero-order chi connectivity index (χ0) is 12.3. The molecular weight excluding hydrogens is 215 g/mol. The maximum Gasteiger partial charge on any atom is 0.123 e. The van der Waals surface area contributed by atoms with E-state index >= 15 is 0 Å². The zero-order valence-corrected chi connectivity index (χ0v) is 10.5. The van der Waals surface area contributed by atoms with E-state index in [4.69, 9.17) is 5.73 Å². The predicted molar refractivity (Wildman–Crippen MR) is 68.1 cm³/mol. The van der Waals surface area contributed by atoms with Gasteiger partial charge in [-0.05, 0) is 55.6 Å². The van der Waals surface area contributed by atoms with Crippen LogP contribution in [-0.2, 0) is 6.54 Å². The Morgan fingerprint density at radius 1 is 1.35 bits per heavy atom. The molecule has 2 rings (SSSR count). The highest BCUT2D eigenvalue weighted by molar-refractivity contribution is 5.16. The van der Waals surface area contributed by atoms with Crippen molar-refractivity contribution in [3.63, 3.8) is 0 Å². The van der Waals surface area contributed by atoms with E-state index in [9.17, 15) is 4.39 Å². The normalized spacial score (nSPS) is 20.4. The molecular formula is C14H21FN2. The highest BCUT2D eigenvalue weighted by Gasteiger charge is 2.28. The van der Waals surface area contributed by atoms with Gasteiger partial charge in [0.15, 0.2) is 0 Å². The number of benzene rings is 1. The van der Waals surface area contributed by atoms with Gasteiger partial charge >= 0.3 is 0 Å². The summed E-state index contributed by atoms with van der Waals surface area (Å²) in [4.78, 5) is 2.38. The first kappa shape index (κ1) is 12.5. The quantitative estimate of drug-likeness (QED) is 0.873. The molecule has 3 heteroatoms. The number of hydrogen-bond acceptors (Lipinski definition) is 2. The smallest absolute Gasteiger partial charge is 0.123 e. The second-order valence-corrected chi connectivity index (χ2v) is 5.42. The zero-order valence-electron chi connectivity index (χ0n) is 10.5. The highest BCUT2D eigenvalue weighted by atomic mass is 19.1. The van der Waals surface area contributed by atoms with Crippen LogP contribution in [0.25, 0.3) is 0 Å². The van der Waals surface area contributed by atoms with E-state index in [1.54, 1.807) is 12.1 Å². The largest absolute Gasteiger partial charge is 0.330 e. The summed E-state index contributed by atoms with van der Waals surface area (Å²) in [5.41, 5.74) is 7.15. The van der Waals surface area contributed by atoms with Crippen LogP contribution in [0.3, 0.4) is 0 Å². The first-order valence-corrected chi connectivity index (χ1v) is 6.28. The maximum absolute atomic E-state index is 13.1. The van der Waals surface area contributed by atoms with Crippen LogP contribution in [-0.4, -0.2) is 24.5 Å². The molecule has 1 aromatic rings. The third-order valence-corrected chi connectivity index (χ3v) is 3.85. The molecule has 0 atom stereocenters. The van der Waals surface area contributed by atoms with Gasteiger partial charge in [-0.25, -0.2) is 4.39 Å². The van der Waals surface area contributed by atoms with Crippen LogP contribution < -0.4 is 5.73 Å². The fourth-order valence-electron chi connectivity index (χ4n) is 2.35. The van der Waals surface area contributed by atoms with E-state index in [1.807, 2.05) is 6.07 Å². The number of rotatable bonds is 3. The van der Waals surface area contributed by atoms with Crippen LogP contribution in [0, 0.1) is 11.2 Å². The van der Waals surface area contributed by atoms with Crippen LogP contribution in [0.2, 0.25) is 0 Å². The maximum atomic E-state index is 13.1. The molecule has 1 aromatic carbocycles. The third kappa shape index (κ3) is 3.27. The molecule has 0 amide bonds. The minimum atomic E-state index is -0.147. The van der Waals surface area contributed by atoms with Crippen LogP contribution in [0.15, 0.2) is 24.3 Å². The highest BCUT2D eigenvalue weighted by Crippen LogP contribution is 2.29. The molecule has 94 valence electrons. The SMILES string of the molecule is CC1(CN)CCN(Cc2cccc(F)c2)CC1. The van der Waals surface area contributed by atoms with Gasteiger partial charge < -0.3 is 5.73 Å². The summed E-state index contributed by atoms with van der Waals surface area (Å²) >= 11 is 0. The van der Waals surface area contributed by atoms with Gasteiger partial charge in [0.05, 0.1) is 0 Å². The van der Waals surface area contributed by atoms with Crippen molar-refractivity contribution in [2.45, 2.75) is 26.3 Å². The van der Waals surface area contributed by atoms with Gasteiger partial charge in [0.1, 0.15) is 5.82 Å². The molecule has 1 aliphatic rings. The van der Waals surface area contributed by atoms with Crippen molar-refractivity contribution >= 4 is 0 Å². The van der Waals surface area contributed by atoms with Crippen LogP contribution >= 0.6 is 0 Å². The van der Waals surface area contributed by atoms with Crippen molar-refractivity contribution in [3.05, 3.63) is 35.6 Å². The van der Waals surface area contributed by atoms with E-state index in [0.29, 0.717) is 5.41 Å². The topological polar surface area (TPSA) is 29.3 Å². The first-order valence-electron chi connectivity index (χ1n) is 6.28. The molecule has 1 aliphatic heterocycles. The van der Waals surface area contributed by atoms with E-state index in [-0.39, 0.29) is 5.82 Å². The van der Waals surface area contributed by atoms with E-state index in [1.165, 1.54) is 6.07 Å². The second kappa shape index (κ2) is 5.15. The Morgan fingerprint density at radius 3 is 2.65 bits per heavy atom. The summed E-state index contributed by atoms with van der Waals surface area (Å²) in [6, 6.07) is 6.88. The molecule has 1 heterocycles. The van der Waals surface area contributed by atoms with Crippen molar-refractivity contribution < 1.29 is 4.39 Å². The molecule has 1 saturated heterocycles. The van der Waals surface area contributed by atoms with Crippen LogP contribution in [0.5, 0.6) is 0 Å². The number of nitrogens with two attached hydrogens (primary N) is 1. The Hall–Kier alpha value is -0.930. The van der Waals surface area contributed by atoms with Gasteiger partial charge in [-0.3, -0.25) is 4.90 Å². The standard InChI is InChI=1S/C14H21FN2/c1-14(11-16)5-7-17(8-6-14)10-12-3-2-4-13(15)9-12/h2-4,9H,5-8,10-11,16H2,1H3. The Kier molecular flexibility index (Phi) is 3.79. The molecule has 2 N–H and O–H groups in total. The molecule has 0 bridgehead atoms. The predicted octanol–water partition coefficient (Wildman–Crippen LogP) is 2.39. The van der Waals surface area contributed by atoms with Crippen LogP contribution in [0.4, 0.5) is 4.39 Å². The average Bonchev–Trinajstić information content (AvgIpc) is 2.33. The fraction of sp³-hybridized carbons (Fsp3) is 0.571. The summed E-state index contributed by atoms with van der Waals surface area (Å²) in [5.74, 6) is -0.147. The summed E-state index contributed by atoms with van der Waals surface area (Å²) in [6.07, 6.45) is 2.28. The van der Waals surface area contributed by atoms with E-state index < -0.39 is 0 Å². The van der Waals surface area contributed by atoms with Crippen molar-refractivity contribution in [2.75, 3.05) is 19.6 Å². The number of likely N-dealkylation sites (tertiary alicyclic amines) is 1. The van der Waals surface area contributed by atoms with E-state index in [2.05, 4.69) is 11.8 Å². The van der Waals surface area contributed by atoms with Gasteiger partial charge in [0, 0.05) is 6.54 Å².